The Morgan fingerprint density at radius 1 is 1.08 bits per heavy atom. The van der Waals surface area contributed by atoms with Crippen LogP contribution >= 0.6 is 0 Å². The summed E-state index contributed by atoms with van der Waals surface area (Å²) in [6.45, 7) is 6.00. The van der Waals surface area contributed by atoms with Crippen molar-refractivity contribution < 1.29 is 13.3 Å². The molecule has 0 bridgehead atoms. The van der Waals surface area contributed by atoms with Crippen LogP contribution in [0.1, 0.15) is 19.4 Å². The Hall–Kier alpha value is -2.45. The van der Waals surface area contributed by atoms with Gasteiger partial charge in [0.25, 0.3) is 5.69 Å². The van der Waals surface area contributed by atoms with E-state index in [1.807, 2.05) is 19.1 Å². The van der Waals surface area contributed by atoms with Crippen molar-refractivity contribution in [2.45, 2.75) is 25.7 Å². The number of nitro groups is 1. The minimum atomic E-state index is -3.75. The molecular weight excluding hydrogens is 342 g/mol. The van der Waals surface area contributed by atoms with Gasteiger partial charge >= 0.3 is 0 Å². The molecule has 0 aromatic heterocycles. The summed E-state index contributed by atoms with van der Waals surface area (Å²) in [5, 5.41) is 14.4. The molecule has 2 aromatic rings. The lowest BCUT2D eigenvalue weighted by molar-refractivity contribution is -0.384. The molecule has 8 heteroatoms. The lowest BCUT2D eigenvalue weighted by Gasteiger charge is -2.18. The Labute approximate surface area is 147 Å². The summed E-state index contributed by atoms with van der Waals surface area (Å²) in [6.07, 6.45) is 0. The first-order valence-corrected chi connectivity index (χ1v) is 9.35. The van der Waals surface area contributed by atoms with Gasteiger partial charge in [0.15, 0.2) is 0 Å². The predicted octanol–water partition coefficient (Wildman–Crippen LogP) is 3.68. The lowest BCUT2D eigenvalue weighted by Crippen LogP contribution is -2.30. The molecule has 0 aliphatic rings. The van der Waals surface area contributed by atoms with Crippen molar-refractivity contribution in [2.75, 3.05) is 18.4 Å². The van der Waals surface area contributed by atoms with Crippen LogP contribution in [-0.4, -0.2) is 30.7 Å². The number of hydrogen-bond acceptors (Lipinski definition) is 5. The molecule has 0 heterocycles. The van der Waals surface area contributed by atoms with Gasteiger partial charge in [0.1, 0.15) is 5.69 Å². The number of rotatable bonds is 7. The maximum Gasteiger partial charge on any atom is 0.294 e. The smallest absolute Gasteiger partial charge is 0.294 e. The highest BCUT2D eigenvalue weighted by Gasteiger charge is 2.25. The molecule has 0 aliphatic carbocycles. The molecule has 0 saturated heterocycles. The summed E-state index contributed by atoms with van der Waals surface area (Å²) < 4.78 is 26.4. The molecular formula is C17H21N3O4S. The van der Waals surface area contributed by atoms with Crippen molar-refractivity contribution in [3.8, 4) is 0 Å². The lowest BCUT2D eigenvalue weighted by atomic mass is 10.2. The van der Waals surface area contributed by atoms with Gasteiger partial charge in [-0.1, -0.05) is 31.5 Å². The standard InChI is InChI=1S/C17H21N3O4S/c1-4-19(5-2)25(23,24)15-10-11-16(17(12-15)20(21)22)18-14-8-6-13(3)7-9-14/h6-12,18H,4-5H2,1-3H3. The van der Waals surface area contributed by atoms with Crippen LogP contribution in [0, 0.1) is 17.0 Å². The topological polar surface area (TPSA) is 92.6 Å². The van der Waals surface area contributed by atoms with Crippen LogP contribution in [0.2, 0.25) is 0 Å². The van der Waals surface area contributed by atoms with E-state index in [4.69, 9.17) is 0 Å². The van der Waals surface area contributed by atoms with Gasteiger partial charge in [-0.25, -0.2) is 8.42 Å². The fraction of sp³-hybridized carbons (Fsp3) is 0.294. The molecule has 25 heavy (non-hydrogen) atoms. The predicted molar refractivity (Wildman–Crippen MR) is 97.7 cm³/mol. The van der Waals surface area contributed by atoms with Crippen molar-refractivity contribution in [1.29, 1.82) is 0 Å². The molecule has 0 atom stereocenters. The molecule has 0 amide bonds. The zero-order chi connectivity index (χ0) is 18.6. The third kappa shape index (κ3) is 4.15. The van der Waals surface area contributed by atoms with Crippen LogP contribution in [0.25, 0.3) is 0 Å². The van der Waals surface area contributed by atoms with Gasteiger partial charge in [0, 0.05) is 24.8 Å². The maximum absolute atomic E-state index is 12.6. The van der Waals surface area contributed by atoms with Crippen molar-refractivity contribution in [2.24, 2.45) is 0 Å². The minimum absolute atomic E-state index is 0.0858. The number of sulfonamides is 1. The van der Waals surface area contributed by atoms with Crippen LogP contribution < -0.4 is 5.32 Å². The van der Waals surface area contributed by atoms with E-state index in [0.29, 0.717) is 18.8 Å². The number of nitrogens with one attached hydrogen (secondary N) is 1. The number of benzene rings is 2. The number of aryl methyl sites for hydroxylation is 1. The Morgan fingerprint density at radius 2 is 1.68 bits per heavy atom. The summed E-state index contributed by atoms with van der Waals surface area (Å²) >= 11 is 0. The van der Waals surface area contributed by atoms with E-state index in [-0.39, 0.29) is 16.3 Å². The Bertz CT molecular complexity index is 860. The molecule has 2 rings (SSSR count). The van der Waals surface area contributed by atoms with E-state index in [1.54, 1.807) is 26.0 Å². The molecule has 0 unspecified atom stereocenters. The average Bonchev–Trinajstić information content (AvgIpc) is 2.57. The fourth-order valence-corrected chi connectivity index (χ4v) is 3.91. The minimum Gasteiger partial charge on any atom is -0.350 e. The summed E-state index contributed by atoms with van der Waals surface area (Å²) in [5.74, 6) is 0. The summed E-state index contributed by atoms with van der Waals surface area (Å²) in [6, 6.07) is 11.3. The van der Waals surface area contributed by atoms with Gasteiger partial charge in [0.05, 0.1) is 9.82 Å². The van der Waals surface area contributed by atoms with Crippen LogP contribution in [0.4, 0.5) is 17.1 Å². The first kappa shape index (κ1) is 18.9. The quantitative estimate of drug-likeness (QED) is 0.598. The summed E-state index contributed by atoms with van der Waals surface area (Å²) in [7, 11) is -3.75. The third-order valence-corrected chi connectivity index (χ3v) is 5.89. The Morgan fingerprint density at radius 3 is 2.20 bits per heavy atom. The van der Waals surface area contributed by atoms with Crippen LogP contribution in [-0.2, 0) is 10.0 Å². The first-order valence-electron chi connectivity index (χ1n) is 7.91. The average molecular weight is 363 g/mol. The normalized spacial score (nSPS) is 11.5. The molecule has 0 fully saturated rings. The van der Waals surface area contributed by atoms with Gasteiger partial charge < -0.3 is 5.32 Å². The highest BCUT2D eigenvalue weighted by molar-refractivity contribution is 7.89. The second kappa shape index (κ2) is 7.62. The largest absolute Gasteiger partial charge is 0.350 e. The molecule has 0 radical (unpaired) electrons. The number of nitro benzene ring substituents is 1. The Balaban J connectivity index is 2.44. The van der Waals surface area contributed by atoms with Crippen LogP contribution in [0.15, 0.2) is 47.4 Å². The molecule has 0 spiro atoms. The number of anilines is 2. The van der Waals surface area contributed by atoms with Crippen molar-refractivity contribution >= 4 is 27.1 Å². The summed E-state index contributed by atoms with van der Waals surface area (Å²) in [5.41, 5.74) is 1.72. The van der Waals surface area contributed by atoms with Crippen LogP contribution in [0.3, 0.4) is 0 Å². The van der Waals surface area contributed by atoms with Gasteiger partial charge in [-0.3, -0.25) is 10.1 Å². The monoisotopic (exact) mass is 363 g/mol. The SMILES string of the molecule is CCN(CC)S(=O)(=O)c1ccc(Nc2ccc(C)cc2)c([N+](=O)[O-])c1. The zero-order valence-corrected chi connectivity index (χ0v) is 15.2. The van der Waals surface area contributed by atoms with E-state index in [2.05, 4.69) is 5.32 Å². The molecule has 134 valence electrons. The van der Waals surface area contributed by atoms with Crippen LogP contribution in [0.5, 0.6) is 0 Å². The highest BCUT2D eigenvalue weighted by Crippen LogP contribution is 2.31. The molecule has 7 nitrogen and oxygen atoms in total. The van der Waals surface area contributed by atoms with E-state index >= 15 is 0 Å². The second-order valence-corrected chi connectivity index (χ2v) is 7.45. The van der Waals surface area contributed by atoms with Crippen molar-refractivity contribution in [1.82, 2.24) is 4.31 Å². The van der Waals surface area contributed by atoms with Gasteiger partial charge in [-0.15, -0.1) is 0 Å². The van der Waals surface area contributed by atoms with Gasteiger partial charge in [-0.05, 0) is 31.2 Å². The molecule has 0 saturated carbocycles. The summed E-state index contributed by atoms with van der Waals surface area (Å²) in [4.78, 5) is 10.7. The molecule has 2 aromatic carbocycles. The van der Waals surface area contributed by atoms with Crippen molar-refractivity contribution in [3.05, 3.63) is 58.1 Å². The fourth-order valence-electron chi connectivity index (χ4n) is 2.43. The highest BCUT2D eigenvalue weighted by atomic mass is 32.2. The second-order valence-electron chi connectivity index (χ2n) is 5.52. The van der Waals surface area contributed by atoms with E-state index in [9.17, 15) is 18.5 Å². The number of hydrogen-bond donors (Lipinski definition) is 1. The zero-order valence-electron chi connectivity index (χ0n) is 14.4. The van der Waals surface area contributed by atoms with E-state index in [0.717, 1.165) is 11.6 Å². The van der Waals surface area contributed by atoms with E-state index < -0.39 is 14.9 Å². The number of nitrogens with zero attached hydrogens (tertiary/aromatic N) is 2. The van der Waals surface area contributed by atoms with Gasteiger partial charge in [0.2, 0.25) is 10.0 Å². The van der Waals surface area contributed by atoms with E-state index in [1.165, 1.54) is 16.4 Å². The third-order valence-electron chi connectivity index (χ3n) is 3.84. The maximum atomic E-state index is 12.6. The molecule has 1 N–H and O–H groups in total. The molecule has 0 aliphatic heterocycles. The Kier molecular flexibility index (Phi) is 5.76. The van der Waals surface area contributed by atoms with Gasteiger partial charge in [-0.2, -0.15) is 4.31 Å². The van der Waals surface area contributed by atoms with Crippen molar-refractivity contribution in [3.63, 3.8) is 0 Å². The first-order chi connectivity index (χ1) is 11.8.